The largest absolute Gasteiger partial charge is 0.356 e. The minimum Gasteiger partial charge on any atom is -0.356 e. The van der Waals surface area contributed by atoms with Crippen molar-refractivity contribution in [1.82, 2.24) is 20.6 Å². The summed E-state index contributed by atoms with van der Waals surface area (Å²) >= 11 is 1.51. The van der Waals surface area contributed by atoms with Crippen LogP contribution in [0.1, 0.15) is 29.2 Å². The van der Waals surface area contributed by atoms with Crippen LogP contribution in [0.25, 0.3) is 0 Å². The zero-order valence-corrected chi connectivity index (χ0v) is 14.0. The Labute approximate surface area is 143 Å². The number of carbonyl (C=O) groups is 2. The Morgan fingerprint density at radius 3 is 3.12 bits per heavy atom. The molecule has 0 aliphatic carbocycles. The molecule has 0 radical (unpaired) electrons. The highest BCUT2D eigenvalue weighted by molar-refractivity contribution is 7.09. The molecule has 2 aromatic heterocycles. The summed E-state index contributed by atoms with van der Waals surface area (Å²) < 4.78 is 5.46. The summed E-state index contributed by atoms with van der Waals surface area (Å²) in [5.41, 5.74) is 1.74. The number of nitrogens with zero attached hydrogens (tertiary/aromatic N) is 2. The van der Waals surface area contributed by atoms with Crippen molar-refractivity contribution in [1.29, 1.82) is 0 Å². The van der Waals surface area contributed by atoms with E-state index in [0.717, 1.165) is 22.7 Å². The van der Waals surface area contributed by atoms with Crippen molar-refractivity contribution in [2.24, 2.45) is 0 Å². The van der Waals surface area contributed by atoms with E-state index in [0.29, 0.717) is 6.54 Å². The highest BCUT2D eigenvalue weighted by Gasteiger charge is 2.36. The van der Waals surface area contributed by atoms with Crippen molar-refractivity contribution in [2.45, 2.75) is 32.0 Å². The van der Waals surface area contributed by atoms with Crippen molar-refractivity contribution in [3.63, 3.8) is 0 Å². The fraction of sp³-hybridized carbons (Fsp3) is 0.375. The van der Waals surface area contributed by atoms with Crippen LogP contribution in [0.3, 0.4) is 0 Å². The molecular formula is C16H18N4O3S. The van der Waals surface area contributed by atoms with Gasteiger partial charge in [-0.1, -0.05) is 13.0 Å². The first-order valence-electron chi connectivity index (χ1n) is 7.69. The van der Waals surface area contributed by atoms with Gasteiger partial charge in [0.2, 0.25) is 5.91 Å². The van der Waals surface area contributed by atoms with E-state index >= 15 is 0 Å². The van der Waals surface area contributed by atoms with Gasteiger partial charge in [0.25, 0.3) is 5.91 Å². The summed E-state index contributed by atoms with van der Waals surface area (Å²) in [6.07, 6.45) is 3.33. The second-order valence-electron chi connectivity index (χ2n) is 5.37. The second kappa shape index (κ2) is 7.50. The third kappa shape index (κ3) is 3.77. The number of aryl methyl sites for hydroxylation is 1. The zero-order chi connectivity index (χ0) is 16.9. The average molecular weight is 346 g/mol. The summed E-state index contributed by atoms with van der Waals surface area (Å²) in [5.74, 6) is -0.530. The number of rotatable bonds is 5. The Hall–Kier alpha value is -2.32. The topological polar surface area (TPSA) is 93.2 Å². The fourth-order valence-corrected chi connectivity index (χ4v) is 3.27. The van der Waals surface area contributed by atoms with Gasteiger partial charge in [0.05, 0.1) is 18.3 Å². The normalized spacial score (nSPS) is 20.5. The number of hydrogen-bond donors (Lipinski definition) is 2. The van der Waals surface area contributed by atoms with Crippen molar-refractivity contribution in [3.8, 4) is 0 Å². The van der Waals surface area contributed by atoms with Crippen LogP contribution in [0.5, 0.6) is 0 Å². The van der Waals surface area contributed by atoms with Crippen LogP contribution in [0.15, 0.2) is 29.9 Å². The van der Waals surface area contributed by atoms with Crippen LogP contribution >= 0.6 is 11.3 Å². The maximum atomic E-state index is 12.5. The predicted molar refractivity (Wildman–Crippen MR) is 88.2 cm³/mol. The molecule has 2 aromatic rings. The zero-order valence-electron chi connectivity index (χ0n) is 13.2. The van der Waals surface area contributed by atoms with Crippen LogP contribution in [-0.4, -0.2) is 34.5 Å². The molecule has 3 rings (SSSR count). The Morgan fingerprint density at radius 1 is 1.54 bits per heavy atom. The molecule has 1 aliphatic rings. The number of morpholine rings is 1. The van der Waals surface area contributed by atoms with Crippen LogP contribution in [0.2, 0.25) is 0 Å². The lowest BCUT2D eigenvalue weighted by Crippen LogP contribution is -2.52. The molecule has 2 amide bonds. The fourth-order valence-electron chi connectivity index (χ4n) is 2.45. The van der Waals surface area contributed by atoms with Gasteiger partial charge in [-0.05, 0) is 18.1 Å². The summed E-state index contributed by atoms with van der Waals surface area (Å²) in [5, 5.41) is 8.46. The first kappa shape index (κ1) is 16.5. The lowest BCUT2D eigenvalue weighted by molar-refractivity contribution is -0.148. The molecule has 0 unspecified atom stereocenters. The maximum Gasteiger partial charge on any atom is 0.252 e. The Balaban J connectivity index is 1.68. The van der Waals surface area contributed by atoms with Gasteiger partial charge in [-0.25, -0.2) is 4.98 Å². The molecule has 3 heterocycles. The van der Waals surface area contributed by atoms with Gasteiger partial charge >= 0.3 is 0 Å². The van der Waals surface area contributed by atoms with Gasteiger partial charge < -0.3 is 15.4 Å². The Kier molecular flexibility index (Phi) is 5.17. The average Bonchev–Trinajstić information content (AvgIpc) is 3.08. The van der Waals surface area contributed by atoms with Crippen molar-refractivity contribution < 1.29 is 14.3 Å². The number of thiazole rings is 1. The first-order chi connectivity index (χ1) is 11.7. The monoisotopic (exact) mass is 346 g/mol. The van der Waals surface area contributed by atoms with Crippen LogP contribution < -0.4 is 10.6 Å². The van der Waals surface area contributed by atoms with E-state index in [-0.39, 0.29) is 18.4 Å². The van der Waals surface area contributed by atoms with Crippen molar-refractivity contribution in [2.75, 3.05) is 6.61 Å². The van der Waals surface area contributed by atoms with Crippen LogP contribution in [0, 0.1) is 0 Å². The van der Waals surface area contributed by atoms with Crippen molar-refractivity contribution in [3.05, 3.63) is 46.2 Å². The first-order valence-corrected chi connectivity index (χ1v) is 8.57. The maximum absolute atomic E-state index is 12.5. The number of pyridine rings is 1. The van der Waals surface area contributed by atoms with Gasteiger partial charge in [-0.15, -0.1) is 11.3 Å². The van der Waals surface area contributed by atoms with Gasteiger partial charge in [0.1, 0.15) is 11.6 Å². The SMILES string of the molecule is CCc1csc(CNC(=O)[C@H]2OCC(=O)N[C@@H]2c2cccnc2)n1. The number of amides is 2. The smallest absolute Gasteiger partial charge is 0.252 e. The van der Waals surface area contributed by atoms with E-state index in [1.54, 1.807) is 24.5 Å². The Bertz CT molecular complexity index is 719. The van der Waals surface area contributed by atoms with E-state index in [2.05, 4.69) is 20.6 Å². The molecule has 0 bridgehead atoms. The quantitative estimate of drug-likeness (QED) is 0.842. The lowest BCUT2D eigenvalue weighted by Gasteiger charge is -2.31. The molecule has 1 fully saturated rings. The van der Waals surface area contributed by atoms with Crippen LogP contribution in [-0.2, 0) is 27.3 Å². The molecule has 2 N–H and O–H groups in total. The minimum atomic E-state index is -0.794. The molecule has 0 aromatic carbocycles. The number of ether oxygens (including phenoxy) is 1. The molecule has 2 atom stereocenters. The molecule has 1 aliphatic heterocycles. The molecule has 0 saturated carbocycles. The summed E-state index contributed by atoms with van der Waals surface area (Å²) in [6.45, 7) is 2.25. The second-order valence-corrected chi connectivity index (χ2v) is 6.31. The lowest BCUT2D eigenvalue weighted by atomic mass is 10.0. The molecule has 126 valence electrons. The third-order valence-electron chi connectivity index (χ3n) is 3.69. The van der Waals surface area contributed by atoms with E-state index in [4.69, 9.17) is 4.74 Å². The van der Waals surface area contributed by atoms with E-state index in [9.17, 15) is 9.59 Å². The molecular weight excluding hydrogens is 328 g/mol. The minimum absolute atomic E-state index is 0.133. The van der Waals surface area contributed by atoms with E-state index in [1.807, 2.05) is 12.3 Å². The van der Waals surface area contributed by atoms with E-state index in [1.165, 1.54) is 11.3 Å². The number of hydrogen-bond acceptors (Lipinski definition) is 6. The van der Waals surface area contributed by atoms with Gasteiger partial charge in [0, 0.05) is 17.8 Å². The number of carbonyl (C=O) groups excluding carboxylic acids is 2. The predicted octanol–water partition coefficient (Wildman–Crippen LogP) is 0.973. The Morgan fingerprint density at radius 2 is 2.42 bits per heavy atom. The standard InChI is InChI=1S/C16H18N4O3S/c1-2-11-9-24-13(19-11)7-18-16(22)15-14(20-12(21)8-23-15)10-4-3-5-17-6-10/h3-6,9,14-15H,2,7-8H2,1H3,(H,18,22)(H,20,21)/t14-,15+/m1/s1. The van der Waals surface area contributed by atoms with Crippen LogP contribution in [0.4, 0.5) is 0 Å². The summed E-state index contributed by atoms with van der Waals surface area (Å²) in [4.78, 5) is 32.6. The summed E-state index contributed by atoms with van der Waals surface area (Å²) in [7, 11) is 0. The molecule has 24 heavy (non-hydrogen) atoms. The van der Waals surface area contributed by atoms with Gasteiger partial charge in [0.15, 0.2) is 6.10 Å². The van der Waals surface area contributed by atoms with Gasteiger partial charge in [-0.2, -0.15) is 0 Å². The number of nitrogens with one attached hydrogen (secondary N) is 2. The van der Waals surface area contributed by atoms with Gasteiger partial charge in [-0.3, -0.25) is 14.6 Å². The molecule has 8 heteroatoms. The molecule has 0 spiro atoms. The highest BCUT2D eigenvalue weighted by Crippen LogP contribution is 2.22. The summed E-state index contributed by atoms with van der Waals surface area (Å²) in [6, 6.07) is 3.01. The van der Waals surface area contributed by atoms with Crippen molar-refractivity contribution >= 4 is 23.2 Å². The highest BCUT2D eigenvalue weighted by atomic mass is 32.1. The number of aromatic nitrogens is 2. The third-order valence-corrected chi connectivity index (χ3v) is 4.59. The molecule has 1 saturated heterocycles. The van der Waals surface area contributed by atoms with E-state index < -0.39 is 12.1 Å². The molecule has 7 nitrogen and oxygen atoms in total.